The van der Waals surface area contributed by atoms with Gasteiger partial charge in [-0.25, -0.2) is 0 Å². The molecule has 0 amide bonds. The van der Waals surface area contributed by atoms with Crippen LogP contribution in [0.4, 0.5) is 0 Å². The zero-order chi connectivity index (χ0) is 8.41. The quantitative estimate of drug-likeness (QED) is 0.450. The molecule has 0 rings (SSSR count). The van der Waals surface area contributed by atoms with Gasteiger partial charge in [-0.2, -0.15) is 0 Å². The van der Waals surface area contributed by atoms with E-state index in [1.165, 1.54) is 44.8 Å². The van der Waals surface area contributed by atoms with Gasteiger partial charge >= 0.3 is 90.1 Å². The first kappa shape index (κ1) is 13.7. The summed E-state index contributed by atoms with van der Waals surface area (Å²) >= 11 is 6.14. The van der Waals surface area contributed by atoms with Crippen molar-refractivity contribution in [3.05, 3.63) is 12.7 Å². The number of rotatable bonds is 3. The summed E-state index contributed by atoms with van der Waals surface area (Å²) in [5.41, 5.74) is 0. The van der Waals surface area contributed by atoms with Crippen LogP contribution in [-0.4, -0.2) is 14.4 Å². The van der Waals surface area contributed by atoms with Crippen LogP contribution in [0.25, 0.3) is 0 Å². The molecule has 0 fully saturated rings. The van der Waals surface area contributed by atoms with Crippen molar-refractivity contribution < 1.29 is 43.4 Å². The fraction of sp³-hybridized carbons (Fsp3) is 0.333. The average molecular weight is 496 g/mol. The molecule has 0 bridgehead atoms. The molecule has 58 valence electrons. The normalized spacial score (nSPS) is 7.00. The minimum absolute atomic E-state index is 0.715. The summed E-state index contributed by atoms with van der Waals surface area (Å²) in [6.45, 7) is 7.74. The van der Waals surface area contributed by atoms with E-state index in [1.807, 2.05) is 6.92 Å². The summed E-state index contributed by atoms with van der Waals surface area (Å²) in [4.78, 5) is 0. The maximum atomic E-state index is 5.09. The molecule has 0 saturated heterocycles. The molecule has 0 aliphatic rings. The Morgan fingerprint density at radius 3 is 2.40 bits per heavy atom. The van der Waals surface area contributed by atoms with Crippen molar-refractivity contribution in [3.8, 4) is 0 Å². The van der Waals surface area contributed by atoms with Gasteiger partial charge in [-0.1, -0.05) is 0 Å². The van der Waals surface area contributed by atoms with E-state index in [0.717, 1.165) is 4.08 Å². The predicted octanol–water partition coefficient (Wildman–Crippen LogP) is 0.788. The Morgan fingerprint density at radius 2 is 2.30 bits per heavy atom. The summed E-state index contributed by atoms with van der Waals surface area (Å²) < 4.78 is 8.36. The van der Waals surface area contributed by atoms with Crippen LogP contribution in [-0.2, 0) is 43.4 Å². The summed E-state index contributed by atoms with van der Waals surface area (Å²) in [5.74, 6) is 0. The van der Waals surface area contributed by atoms with Crippen molar-refractivity contribution >= 4 is 20.4 Å². The number of hydrogen-bond acceptors (Lipinski definition) is 2. The zero-order valence-electron chi connectivity index (χ0n) is 5.53. The molecule has 0 atom stereocenters. The fourth-order valence-electron chi connectivity index (χ4n) is 0.190. The van der Waals surface area contributed by atoms with Gasteiger partial charge in [0.05, 0.1) is 0 Å². The summed E-state index contributed by atoms with van der Waals surface area (Å²) in [6.07, 6.45) is 1.48. The fourth-order valence-corrected chi connectivity index (χ4v) is 0.614. The van der Waals surface area contributed by atoms with E-state index in [-0.39, 0.29) is 0 Å². The molecule has 0 unspecified atom stereocenters. The molecule has 4 heteroatoms. The van der Waals surface area contributed by atoms with Crippen molar-refractivity contribution in [1.82, 2.24) is 0 Å². The molecule has 0 aromatic rings. The van der Waals surface area contributed by atoms with Crippen LogP contribution >= 0.6 is 12.6 Å². The topological polar surface area (TPSA) is 9.23 Å². The maximum absolute atomic E-state index is 5.09. The standard InChI is InChI=1S/C5H7O.CHS.2W/c1-3-5-6-4-2;1-2;;/h1,3H,4H2,2H3;2H;;/q2*-1;;. The van der Waals surface area contributed by atoms with Gasteiger partial charge in [0.1, 0.15) is 0 Å². The number of thiol groups is 1. The molecule has 0 aromatic heterocycles. The average Bonchev–Trinajstić information content (AvgIpc) is 1.90. The molecule has 0 N–H and O–H groups in total. The third kappa shape index (κ3) is 16.1. The van der Waals surface area contributed by atoms with Gasteiger partial charge in [-0.3, -0.25) is 0 Å². The summed E-state index contributed by atoms with van der Waals surface area (Å²) in [6, 6.07) is 0. The molecule has 0 aliphatic carbocycles. The van der Waals surface area contributed by atoms with Gasteiger partial charge in [0.15, 0.2) is 0 Å². The third-order valence-corrected chi connectivity index (χ3v) is 1.33. The molecule has 0 aromatic carbocycles. The first-order valence-corrected chi connectivity index (χ1v) is 5.83. The molecular weight excluding hydrogens is 488 g/mol. The Hall–Kier alpha value is 1.17. The van der Waals surface area contributed by atoms with Crippen LogP contribution in [0.1, 0.15) is 6.92 Å². The van der Waals surface area contributed by atoms with Crippen LogP contribution in [0.3, 0.4) is 0 Å². The Kier molecular flexibility index (Phi) is 17.6. The van der Waals surface area contributed by atoms with E-state index in [1.54, 1.807) is 0 Å². The third-order valence-electron chi connectivity index (χ3n) is 0.423. The number of hydrogen-bond donors (Lipinski definition) is 1. The van der Waals surface area contributed by atoms with Gasteiger partial charge in [0.25, 0.3) is 0 Å². The molecule has 0 aliphatic heterocycles. The van der Waals surface area contributed by atoms with Crippen LogP contribution in [0.5, 0.6) is 0 Å². The first-order chi connectivity index (χ1) is 4.72. The monoisotopic (exact) mass is 496 g/mol. The van der Waals surface area contributed by atoms with E-state index < -0.39 is 0 Å². The molecule has 0 radical (unpaired) electrons. The van der Waals surface area contributed by atoms with Gasteiger partial charge in [0, 0.05) is 0 Å². The Morgan fingerprint density at radius 1 is 1.90 bits per heavy atom. The van der Waals surface area contributed by atoms with Crippen molar-refractivity contribution in [2.75, 3.05) is 6.61 Å². The van der Waals surface area contributed by atoms with E-state index in [9.17, 15) is 0 Å². The van der Waals surface area contributed by atoms with Crippen molar-refractivity contribution in [2.45, 2.75) is 6.92 Å². The minimum atomic E-state index is 0.715. The number of ether oxygens (including phenoxy) is 1. The van der Waals surface area contributed by atoms with Crippen molar-refractivity contribution in [1.29, 1.82) is 0 Å². The second-order valence-electron chi connectivity index (χ2n) is 1.01. The molecule has 1 nitrogen and oxygen atoms in total. The molecule has 0 saturated carbocycles. The van der Waals surface area contributed by atoms with Gasteiger partial charge in [-0.05, 0) is 0 Å². The molecule has 10 heavy (non-hydrogen) atoms. The predicted molar refractivity (Wildman–Crippen MR) is 39.5 cm³/mol. The Balaban J connectivity index is 0. The molecule has 0 spiro atoms. The van der Waals surface area contributed by atoms with E-state index in [4.69, 9.17) is 11.3 Å². The molecular formula is C6H8OSW2-2. The SMILES string of the molecule is S[C-]=[W].[CH-]=C[C](=[W])OCC. The van der Waals surface area contributed by atoms with Crippen LogP contribution in [0.2, 0.25) is 0 Å². The second kappa shape index (κ2) is 12.8. The van der Waals surface area contributed by atoms with E-state index >= 15 is 0 Å². The van der Waals surface area contributed by atoms with Crippen LogP contribution in [0, 0.1) is 6.58 Å². The van der Waals surface area contributed by atoms with E-state index in [2.05, 4.69) is 16.4 Å². The van der Waals surface area contributed by atoms with Crippen molar-refractivity contribution in [2.24, 2.45) is 0 Å². The summed E-state index contributed by atoms with van der Waals surface area (Å²) in [7, 11) is 0. The van der Waals surface area contributed by atoms with Crippen molar-refractivity contribution in [3.63, 3.8) is 0 Å². The van der Waals surface area contributed by atoms with Crippen LogP contribution in [0.15, 0.2) is 6.08 Å². The van der Waals surface area contributed by atoms with Crippen LogP contribution < -0.4 is 0 Å². The summed E-state index contributed by atoms with van der Waals surface area (Å²) in [5, 5.41) is 0. The Labute approximate surface area is 89.5 Å². The van der Waals surface area contributed by atoms with Gasteiger partial charge < -0.3 is 0 Å². The Bertz CT molecular complexity index is 114. The zero-order valence-corrected chi connectivity index (χ0v) is 12.3. The molecule has 0 heterocycles. The first-order valence-electron chi connectivity index (χ1n) is 2.45. The van der Waals surface area contributed by atoms with E-state index in [0.29, 0.717) is 6.61 Å². The van der Waals surface area contributed by atoms with Gasteiger partial charge in [-0.15, -0.1) is 0 Å². The second-order valence-corrected chi connectivity index (χ2v) is 4.61. The van der Waals surface area contributed by atoms with Gasteiger partial charge in [0.2, 0.25) is 0 Å².